The van der Waals surface area contributed by atoms with Crippen LogP contribution in [0.15, 0.2) is 66.7 Å². The predicted molar refractivity (Wildman–Crippen MR) is 174 cm³/mol. The van der Waals surface area contributed by atoms with E-state index >= 15 is 0 Å². The summed E-state index contributed by atoms with van der Waals surface area (Å²) in [4.78, 5) is 25.4. The average molecular weight is 624 g/mol. The molecule has 1 N–H and O–H groups in total. The molecule has 45 heavy (non-hydrogen) atoms. The number of hydrogen-bond acceptors (Lipinski definition) is 5. The number of hydrogen-bond donors (Lipinski definition) is 1. The van der Waals surface area contributed by atoms with E-state index < -0.39 is 17.3 Å². The van der Waals surface area contributed by atoms with E-state index in [2.05, 4.69) is 5.32 Å². The van der Waals surface area contributed by atoms with Gasteiger partial charge >= 0.3 is 12.1 Å². The molecule has 3 rings (SSSR count). The van der Waals surface area contributed by atoms with Crippen molar-refractivity contribution >= 4 is 12.1 Å². The molecule has 0 aliphatic heterocycles. The van der Waals surface area contributed by atoms with Crippen molar-refractivity contribution in [1.82, 2.24) is 5.32 Å². The minimum Gasteiger partial charge on any atom is -0.493 e. The van der Waals surface area contributed by atoms with Crippen molar-refractivity contribution in [3.63, 3.8) is 0 Å². The smallest absolute Gasteiger partial charge is 0.407 e. The molecular formula is C37H47F2NO5. The minimum absolute atomic E-state index is 0.131. The lowest BCUT2D eigenvalue weighted by Gasteiger charge is -2.27. The van der Waals surface area contributed by atoms with Gasteiger partial charge in [0.25, 0.3) is 0 Å². The summed E-state index contributed by atoms with van der Waals surface area (Å²) < 4.78 is 44.8. The summed E-state index contributed by atoms with van der Waals surface area (Å²) in [5.41, 5.74) is 1.95. The standard InChI is InChI=1S/C37H47F2NO5/c1-24(2)33(40-35(42)45-37(6,7)8)18-9-25(19-34(41)44-36(3,4)5)23-43-32-21-28(26-10-14-30(38)15-11-26)20-29(22-32)27-12-16-31(39)17-13-27/h10-17,20-22,24-25,33H,9,18-19,23H2,1-8H3,(H,40,42)/t25-,33?/m1/s1. The van der Waals surface area contributed by atoms with Gasteiger partial charge in [0.2, 0.25) is 0 Å². The van der Waals surface area contributed by atoms with Gasteiger partial charge < -0.3 is 19.5 Å². The maximum absolute atomic E-state index is 13.7. The molecule has 0 spiro atoms. The van der Waals surface area contributed by atoms with Crippen LogP contribution < -0.4 is 10.1 Å². The SMILES string of the molecule is CC(C)C(CC[C@@H](COc1cc(-c2ccc(F)cc2)cc(-c2ccc(F)cc2)c1)CC(=O)OC(C)(C)C)NC(=O)OC(C)(C)C. The highest BCUT2D eigenvalue weighted by atomic mass is 19.1. The molecule has 8 heteroatoms. The summed E-state index contributed by atoms with van der Waals surface area (Å²) in [5.74, 6) is -0.537. The average Bonchev–Trinajstić information content (AvgIpc) is 2.92. The number of alkyl carbamates (subject to hydrolysis) is 1. The topological polar surface area (TPSA) is 73.9 Å². The zero-order chi connectivity index (χ0) is 33.4. The molecule has 0 radical (unpaired) electrons. The molecule has 1 unspecified atom stereocenters. The van der Waals surface area contributed by atoms with Gasteiger partial charge in [-0.2, -0.15) is 0 Å². The Morgan fingerprint density at radius 3 is 1.64 bits per heavy atom. The van der Waals surface area contributed by atoms with Crippen molar-refractivity contribution in [3.8, 4) is 28.0 Å². The van der Waals surface area contributed by atoms with E-state index in [0.29, 0.717) is 18.6 Å². The van der Waals surface area contributed by atoms with Gasteiger partial charge in [0, 0.05) is 12.0 Å². The molecule has 0 fully saturated rings. The Bertz CT molecular complexity index is 1340. The van der Waals surface area contributed by atoms with Crippen molar-refractivity contribution in [3.05, 3.63) is 78.4 Å². The van der Waals surface area contributed by atoms with Gasteiger partial charge in [-0.1, -0.05) is 38.1 Å². The maximum Gasteiger partial charge on any atom is 0.407 e. The Labute approximate surface area is 266 Å². The lowest BCUT2D eigenvalue weighted by atomic mass is 9.92. The largest absolute Gasteiger partial charge is 0.493 e. The Morgan fingerprint density at radius 1 is 0.711 bits per heavy atom. The van der Waals surface area contributed by atoms with Gasteiger partial charge in [-0.15, -0.1) is 0 Å². The zero-order valence-electron chi connectivity index (χ0n) is 27.7. The summed E-state index contributed by atoms with van der Waals surface area (Å²) in [6.45, 7) is 15.2. The quantitative estimate of drug-likeness (QED) is 0.204. The molecule has 0 aliphatic rings. The first kappa shape index (κ1) is 35.5. The van der Waals surface area contributed by atoms with Crippen LogP contribution in [0.2, 0.25) is 0 Å². The van der Waals surface area contributed by atoms with Crippen LogP contribution in [0, 0.1) is 23.5 Å². The van der Waals surface area contributed by atoms with Crippen molar-refractivity contribution in [1.29, 1.82) is 0 Å². The second-order valence-electron chi connectivity index (χ2n) is 13.8. The zero-order valence-corrected chi connectivity index (χ0v) is 27.7. The van der Waals surface area contributed by atoms with Gasteiger partial charge in [0.1, 0.15) is 28.6 Å². The van der Waals surface area contributed by atoms with E-state index in [1.807, 2.05) is 73.6 Å². The van der Waals surface area contributed by atoms with E-state index in [0.717, 1.165) is 22.3 Å². The number of carbonyl (C=O) groups excluding carboxylic acids is 2. The molecular weight excluding hydrogens is 576 g/mol. The molecule has 0 bridgehead atoms. The number of nitrogens with one attached hydrogen (secondary N) is 1. The summed E-state index contributed by atoms with van der Waals surface area (Å²) >= 11 is 0. The third-order valence-electron chi connectivity index (χ3n) is 7.02. The number of benzene rings is 3. The Kier molecular flexibility index (Phi) is 12.1. The summed E-state index contributed by atoms with van der Waals surface area (Å²) in [6, 6.07) is 17.9. The van der Waals surface area contributed by atoms with E-state index in [1.54, 1.807) is 24.3 Å². The van der Waals surface area contributed by atoms with Crippen molar-refractivity contribution in [2.24, 2.45) is 11.8 Å². The van der Waals surface area contributed by atoms with Gasteiger partial charge in [-0.3, -0.25) is 4.79 Å². The highest BCUT2D eigenvalue weighted by Gasteiger charge is 2.25. The Balaban J connectivity index is 1.85. The molecule has 244 valence electrons. The van der Waals surface area contributed by atoms with Gasteiger partial charge in [-0.25, -0.2) is 13.6 Å². The van der Waals surface area contributed by atoms with Gasteiger partial charge in [0.15, 0.2) is 0 Å². The van der Waals surface area contributed by atoms with Crippen LogP contribution in [-0.4, -0.2) is 35.9 Å². The number of amides is 1. The molecule has 0 aromatic heterocycles. The highest BCUT2D eigenvalue weighted by molar-refractivity contribution is 5.75. The minimum atomic E-state index is -0.630. The van der Waals surface area contributed by atoms with Crippen LogP contribution in [0.1, 0.15) is 74.7 Å². The summed E-state index contributed by atoms with van der Waals surface area (Å²) in [7, 11) is 0. The monoisotopic (exact) mass is 623 g/mol. The van der Waals surface area contributed by atoms with Crippen molar-refractivity contribution < 1.29 is 32.6 Å². The van der Waals surface area contributed by atoms with E-state index in [9.17, 15) is 18.4 Å². The van der Waals surface area contributed by atoms with Crippen LogP contribution in [0.5, 0.6) is 5.75 Å². The number of carbonyl (C=O) groups is 2. The molecule has 1 amide bonds. The number of esters is 1. The molecule has 0 aliphatic carbocycles. The van der Waals surface area contributed by atoms with Crippen LogP contribution >= 0.6 is 0 Å². The molecule has 3 aromatic rings. The maximum atomic E-state index is 13.7. The Hall–Kier alpha value is -3.94. The fraction of sp³-hybridized carbons (Fsp3) is 0.459. The normalized spacial score (nSPS) is 13.2. The lowest BCUT2D eigenvalue weighted by molar-refractivity contribution is -0.156. The number of ether oxygens (including phenoxy) is 3. The van der Waals surface area contributed by atoms with Gasteiger partial charge in [-0.05, 0) is 125 Å². The molecule has 6 nitrogen and oxygen atoms in total. The third-order valence-corrected chi connectivity index (χ3v) is 7.02. The van der Waals surface area contributed by atoms with Crippen LogP contribution in [-0.2, 0) is 14.3 Å². The van der Waals surface area contributed by atoms with E-state index in [-0.39, 0.29) is 48.5 Å². The summed E-state index contributed by atoms with van der Waals surface area (Å²) in [6.07, 6.45) is 0.841. The fourth-order valence-corrected chi connectivity index (χ4v) is 4.82. The molecule has 3 aromatic carbocycles. The predicted octanol–water partition coefficient (Wildman–Crippen LogP) is 9.36. The summed E-state index contributed by atoms with van der Waals surface area (Å²) in [5, 5.41) is 2.98. The second-order valence-corrected chi connectivity index (χ2v) is 13.8. The first-order valence-corrected chi connectivity index (χ1v) is 15.5. The first-order valence-electron chi connectivity index (χ1n) is 15.5. The van der Waals surface area contributed by atoms with Gasteiger partial charge in [0.05, 0.1) is 13.0 Å². The van der Waals surface area contributed by atoms with Crippen LogP contribution in [0.25, 0.3) is 22.3 Å². The molecule has 0 saturated carbocycles. The highest BCUT2D eigenvalue weighted by Crippen LogP contribution is 2.33. The van der Waals surface area contributed by atoms with Crippen molar-refractivity contribution in [2.45, 2.75) is 91.9 Å². The third kappa shape index (κ3) is 12.5. The Morgan fingerprint density at radius 2 is 1.20 bits per heavy atom. The fourth-order valence-electron chi connectivity index (χ4n) is 4.82. The molecule has 0 heterocycles. The first-order chi connectivity index (χ1) is 21.0. The van der Waals surface area contributed by atoms with E-state index in [1.165, 1.54) is 24.3 Å². The van der Waals surface area contributed by atoms with Crippen LogP contribution in [0.3, 0.4) is 0 Å². The number of halogens is 2. The number of rotatable bonds is 12. The second kappa shape index (κ2) is 15.4. The lowest BCUT2D eigenvalue weighted by Crippen LogP contribution is -2.42. The van der Waals surface area contributed by atoms with Crippen molar-refractivity contribution in [2.75, 3.05) is 6.61 Å². The van der Waals surface area contributed by atoms with Crippen LogP contribution in [0.4, 0.5) is 13.6 Å². The molecule has 0 saturated heterocycles. The molecule has 2 atom stereocenters. The van der Waals surface area contributed by atoms with E-state index in [4.69, 9.17) is 14.2 Å².